The molecule has 0 bridgehead atoms. The first-order chi connectivity index (χ1) is 17.0. The van der Waals surface area contributed by atoms with E-state index < -0.39 is 17.2 Å². The van der Waals surface area contributed by atoms with Crippen molar-refractivity contribution in [1.29, 1.82) is 0 Å². The van der Waals surface area contributed by atoms with Gasteiger partial charge < -0.3 is 5.21 Å². The smallest absolute Gasteiger partial charge is 0.279 e. The first-order valence-electron chi connectivity index (χ1n) is 10.9. The fourth-order valence-electron chi connectivity index (χ4n) is 3.93. The van der Waals surface area contributed by atoms with Gasteiger partial charge in [0.15, 0.2) is 12.8 Å². The number of fused-ring (bicyclic) bond motifs is 1. The van der Waals surface area contributed by atoms with Gasteiger partial charge in [-0.2, -0.15) is 9.78 Å². The molecule has 5 aromatic rings. The molecule has 7 heteroatoms. The molecular weight excluding hydrogens is 448 g/mol. The molecule has 5 nitrogen and oxygen atoms in total. The molecule has 0 spiro atoms. The van der Waals surface area contributed by atoms with Crippen LogP contribution in [0.3, 0.4) is 0 Å². The first kappa shape index (κ1) is 22.2. The Morgan fingerprint density at radius 3 is 2.29 bits per heavy atom. The van der Waals surface area contributed by atoms with Gasteiger partial charge in [0, 0.05) is 22.1 Å². The quantitative estimate of drug-likeness (QED) is 0.149. The Balaban J connectivity index is 1.65. The molecule has 0 atom stereocenters. The van der Waals surface area contributed by atoms with Crippen LogP contribution in [0.15, 0.2) is 102 Å². The molecule has 35 heavy (non-hydrogen) atoms. The topological polar surface area (TPSA) is 61.0 Å². The Kier molecular flexibility index (Phi) is 5.89. The van der Waals surface area contributed by atoms with E-state index in [1.807, 2.05) is 30.3 Å². The third-order valence-electron chi connectivity index (χ3n) is 5.60. The van der Waals surface area contributed by atoms with Crippen molar-refractivity contribution in [2.45, 2.75) is 6.54 Å². The number of halogens is 2. The summed E-state index contributed by atoms with van der Waals surface area (Å²) < 4.78 is 30.4. The van der Waals surface area contributed by atoms with E-state index in [-0.39, 0.29) is 17.8 Å². The van der Waals surface area contributed by atoms with Crippen LogP contribution in [-0.2, 0) is 6.54 Å². The van der Waals surface area contributed by atoms with Crippen molar-refractivity contribution in [1.82, 2.24) is 9.78 Å². The van der Waals surface area contributed by atoms with Crippen LogP contribution < -0.4 is 5.56 Å². The molecule has 0 unspecified atom stereocenters. The average Bonchev–Trinajstić information content (AvgIpc) is 2.87. The van der Waals surface area contributed by atoms with Crippen molar-refractivity contribution in [3.63, 3.8) is 0 Å². The highest BCUT2D eigenvalue weighted by Gasteiger charge is 2.17. The van der Waals surface area contributed by atoms with E-state index in [1.54, 1.807) is 24.3 Å². The second-order valence-electron chi connectivity index (χ2n) is 8.02. The van der Waals surface area contributed by atoms with Crippen LogP contribution >= 0.6 is 0 Å². The Hall–Kier alpha value is -4.65. The largest absolute Gasteiger partial charge is 0.624 e. The van der Waals surface area contributed by atoms with Crippen LogP contribution in [0.5, 0.6) is 0 Å². The molecule has 0 aliphatic rings. The molecule has 0 saturated heterocycles. The zero-order chi connectivity index (χ0) is 24.4. The maximum Gasteiger partial charge on any atom is 0.279 e. The maximum absolute atomic E-state index is 15.1. The van der Waals surface area contributed by atoms with E-state index >= 15 is 4.39 Å². The van der Waals surface area contributed by atoms with Crippen LogP contribution in [0, 0.1) is 16.8 Å². The van der Waals surface area contributed by atoms with E-state index in [2.05, 4.69) is 5.10 Å². The van der Waals surface area contributed by atoms with Gasteiger partial charge in [0.2, 0.25) is 0 Å². The lowest BCUT2D eigenvalue weighted by Gasteiger charge is -2.12. The number of nitrogens with zero attached hydrogens (tertiary/aromatic N) is 3. The number of hydroxylamine groups is 1. The lowest BCUT2D eigenvalue weighted by atomic mass is 10.0. The zero-order valence-electron chi connectivity index (χ0n) is 18.4. The zero-order valence-corrected chi connectivity index (χ0v) is 18.4. The van der Waals surface area contributed by atoms with Gasteiger partial charge in [-0.1, -0.05) is 48.5 Å². The second-order valence-corrected chi connectivity index (χ2v) is 8.02. The van der Waals surface area contributed by atoms with Gasteiger partial charge in [-0.15, -0.1) is 0 Å². The first-order valence-corrected chi connectivity index (χ1v) is 10.9. The van der Waals surface area contributed by atoms with E-state index in [9.17, 15) is 14.4 Å². The Morgan fingerprint density at radius 1 is 0.857 bits per heavy atom. The minimum absolute atomic E-state index is 0.138. The Morgan fingerprint density at radius 2 is 1.54 bits per heavy atom. The van der Waals surface area contributed by atoms with Crippen molar-refractivity contribution >= 4 is 17.0 Å². The molecule has 1 heterocycles. The summed E-state index contributed by atoms with van der Waals surface area (Å²) in [5, 5.41) is 17.8. The van der Waals surface area contributed by atoms with Crippen LogP contribution in [-0.4, -0.2) is 20.7 Å². The highest BCUT2D eigenvalue weighted by Crippen LogP contribution is 2.28. The number of aromatic nitrogens is 2. The highest BCUT2D eigenvalue weighted by molar-refractivity contribution is 5.95. The van der Waals surface area contributed by atoms with Crippen molar-refractivity contribution < 1.29 is 13.5 Å². The Labute approximate surface area is 199 Å². The molecule has 0 aliphatic carbocycles. The number of hydrogen-bond donors (Lipinski definition) is 0. The van der Waals surface area contributed by atoms with Gasteiger partial charge in [0.1, 0.15) is 17.3 Å². The van der Waals surface area contributed by atoms with Crippen LogP contribution in [0.2, 0.25) is 0 Å². The molecule has 0 radical (unpaired) electrons. The minimum atomic E-state index is -0.551. The monoisotopic (exact) mass is 467 g/mol. The van der Waals surface area contributed by atoms with Gasteiger partial charge in [0.05, 0.1) is 11.1 Å². The van der Waals surface area contributed by atoms with E-state index in [4.69, 9.17) is 0 Å². The summed E-state index contributed by atoms with van der Waals surface area (Å²) in [4.78, 5) is 13.1. The minimum Gasteiger partial charge on any atom is -0.624 e. The normalized spacial score (nSPS) is 11.7. The van der Waals surface area contributed by atoms with Crippen LogP contribution in [0.25, 0.3) is 27.7 Å². The third kappa shape index (κ3) is 4.56. The van der Waals surface area contributed by atoms with Gasteiger partial charge in [-0.25, -0.2) is 13.5 Å². The molecule has 0 saturated carbocycles. The average molecular weight is 467 g/mol. The van der Waals surface area contributed by atoms with Crippen molar-refractivity contribution in [3.05, 3.63) is 135 Å². The molecule has 0 aliphatic heterocycles. The molecular formula is C28H19F2N3O2. The van der Waals surface area contributed by atoms with Gasteiger partial charge in [0.25, 0.3) is 5.56 Å². The molecule has 172 valence electrons. The van der Waals surface area contributed by atoms with Gasteiger partial charge in [-0.3, -0.25) is 4.79 Å². The van der Waals surface area contributed by atoms with E-state index in [0.29, 0.717) is 22.0 Å². The fourth-order valence-corrected chi connectivity index (χ4v) is 3.93. The predicted molar refractivity (Wildman–Crippen MR) is 132 cm³/mol. The molecule has 1 aromatic heterocycles. The van der Waals surface area contributed by atoms with Crippen molar-refractivity contribution in [2.24, 2.45) is 0 Å². The lowest BCUT2D eigenvalue weighted by molar-refractivity contribution is -0.469. The van der Waals surface area contributed by atoms with Crippen LogP contribution in [0.4, 0.5) is 8.78 Å². The summed E-state index contributed by atoms with van der Waals surface area (Å²) >= 11 is 0. The maximum atomic E-state index is 15.1. The van der Waals surface area contributed by atoms with Gasteiger partial charge >= 0.3 is 0 Å². The standard InChI is InChI=1S/C28H19F2N3O2/c29-21-11-13-22(14-12-21)33-28(34)24-9-5-4-8-23(24)27(31-33)25-16-20(10-15-26(25)30)18-32(35)17-19-6-2-1-3-7-19/h1-16,18H,17H2/b32-18-. The summed E-state index contributed by atoms with van der Waals surface area (Å²) in [5.74, 6) is -1.00. The van der Waals surface area contributed by atoms with Crippen LogP contribution in [0.1, 0.15) is 11.1 Å². The molecule has 4 aromatic carbocycles. The number of benzene rings is 4. The summed E-state index contributed by atoms with van der Waals surface area (Å²) in [6.45, 7) is 0.143. The summed E-state index contributed by atoms with van der Waals surface area (Å²) in [6, 6.07) is 25.7. The third-order valence-corrected chi connectivity index (χ3v) is 5.60. The Bertz CT molecular complexity index is 1610. The highest BCUT2D eigenvalue weighted by atomic mass is 19.1. The van der Waals surface area contributed by atoms with Crippen molar-refractivity contribution in [3.8, 4) is 16.9 Å². The molecule has 0 N–H and O–H groups in total. The number of rotatable bonds is 5. The lowest BCUT2D eigenvalue weighted by Crippen LogP contribution is -2.22. The SMILES string of the molecule is O=c1c2ccccc2c(-c2cc(/C=[N+](\[O-])Cc3ccccc3)ccc2F)nn1-c1ccc(F)cc1. The number of hydrogen-bond acceptors (Lipinski definition) is 3. The molecule has 5 rings (SSSR count). The van der Waals surface area contributed by atoms with Gasteiger partial charge in [-0.05, 0) is 48.5 Å². The predicted octanol–water partition coefficient (Wildman–Crippen LogP) is 5.46. The summed E-state index contributed by atoms with van der Waals surface area (Å²) in [5.41, 5.74) is 1.64. The van der Waals surface area contributed by atoms with E-state index in [1.165, 1.54) is 48.7 Å². The summed E-state index contributed by atoms with van der Waals surface area (Å²) in [6.07, 6.45) is 1.38. The van der Waals surface area contributed by atoms with Crippen molar-refractivity contribution in [2.75, 3.05) is 0 Å². The molecule has 0 amide bonds. The molecule has 0 fully saturated rings. The summed E-state index contributed by atoms with van der Waals surface area (Å²) in [7, 11) is 0. The fraction of sp³-hybridized carbons (Fsp3) is 0.0357. The van der Waals surface area contributed by atoms with E-state index in [0.717, 1.165) is 15.0 Å². The second kappa shape index (κ2) is 9.30.